The summed E-state index contributed by atoms with van der Waals surface area (Å²) in [7, 11) is 2.05. The fraction of sp³-hybridized carbons (Fsp3) is 0.538. The van der Waals surface area contributed by atoms with Crippen molar-refractivity contribution in [3.8, 4) is 0 Å². The van der Waals surface area contributed by atoms with E-state index in [9.17, 15) is 10.1 Å². The molecule has 0 spiro atoms. The first-order valence-corrected chi connectivity index (χ1v) is 7.16. The van der Waals surface area contributed by atoms with Gasteiger partial charge in [-0.05, 0) is 39.9 Å². The normalized spacial score (nSPS) is 11.2. The van der Waals surface area contributed by atoms with Crippen molar-refractivity contribution in [3.63, 3.8) is 0 Å². The Labute approximate surface area is 129 Å². The summed E-state index contributed by atoms with van der Waals surface area (Å²) in [6, 6.07) is 3.25. The topological polar surface area (TPSA) is 58.4 Å². The monoisotopic (exact) mass is 319 g/mol. The van der Waals surface area contributed by atoms with Gasteiger partial charge in [-0.1, -0.05) is 23.2 Å². The Bertz CT molecular complexity index is 481. The molecule has 20 heavy (non-hydrogen) atoms. The van der Waals surface area contributed by atoms with Gasteiger partial charge in [-0.15, -0.1) is 0 Å². The molecule has 1 aromatic rings. The Kier molecular flexibility index (Phi) is 6.52. The molecular formula is C13H19Cl2N3O2. The molecule has 7 heteroatoms. The molecule has 0 bridgehead atoms. The van der Waals surface area contributed by atoms with E-state index in [1.165, 1.54) is 12.1 Å². The van der Waals surface area contributed by atoms with Gasteiger partial charge in [-0.25, -0.2) is 0 Å². The van der Waals surface area contributed by atoms with E-state index in [0.717, 1.165) is 13.0 Å². The summed E-state index contributed by atoms with van der Waals surface area (Å²) in [6.45, 7) is 5.80. The molecule has 0 saturated carbocycles. The van der Waals surface area contributed by atoms with Crippen LogP contribution in [-0.4, -0.2) is 36.0 Å². The Balaban J connectivity index is 2.63. The lowest BCUT2D eigenvalue weighted by Crippen LogP contribution is -2.28. The average Bonchev–Trinajstić information content (AvgIpc) is 2.37. The summed E-state index contributed by atoms with van der Waals surface area (Å²) in [5.74, 6) is 0. The van der Waals surface area contributed by atoms with Crippen molar-refractivity contribution in [2.45, 2.75) is 26.3 Å². The Morgan fingerprint density at radius 2 is 1.95 bits per heavy atom. The first-order valence-electron chi connectivity index (χ1n) is 6.40. The second kappa shape index (κ2) is 7.67. The zero-order valence-electron chi connectivity index (χ0n) is 11.8. The summed E-state index contributed by atoms with van der Waals surface area (Å²) in [4.78, 5) is 12.7. The molecule has 0 aromatic heterocycles. The van der Waals surface area contributed by atoms with Gasteiger partial charge >= 0.3 is 0 Å². The highest BCUT2D eigenvalue weighted by atomic mass is 35.5. The molecule has 0 aliphatic rings. The molecular weight excluding hydrogens is 301 g/mol. The van der Waals surface area contributed by atoms with Crippen molar-refractivity contribution in [2.75, 3.05) is 25.5 Å². The zero-order valence-corrected chi connectivity index (χ0v) is 13.3. The maximum atomic E-state index is 11.0. The fourth-order valence-electron chi connectivity index (χ4n) is 1.64. The number of rotatable bonds is 7. The molecule has 1 rings (SSSR count). The number of hydrogen-bond donors (Lipinski definition) is 1. The Hall–Kier alpha value is -1.04. The summed E-state index contributed by atoms with van der Waals surface area (Å²) in [5.41, 5.74) is 0.341. The van der Waals surface area contributed by atoms with Crippen molar-refractivity contribution in [2.24, 2.45) is 0 Å². The number of nitro groups is 1. The zero-order chi connectivity index (χ0) is 15.3. The fourth-order valence-corrected chi connectivity index (χ4v) is 1.96. The van der Waals surface area contributed by atoms with Crippen LogP contribution in [0, 0.1) is 10.1 Å². The third-order valence-corrected chi connectivity index (χ3v) is 3.84. The Morgan fingerprint density at radius 3 is 2.50 bits per heavy atom. The van der Waals surface area contributed by atoms with Gasteiger partial charge in [-0.2, -0.15) is 0 Å². The van der Waals surface area contributed by atoms with Crippen molar-refractivity contribution in [1.82, 2.24) is 4.90 Å². The van der Waals surface area contributed by atoms with Crippen LogP contribution in [-0.2, 0) is 0 Å². The lowest BCUT2D eigenvalue weighted by molar-refractivity contribution is -0.383. The molecule has 0 amide bonds. The molecule has 1 aromatic carbocycles. The molecule has 0 aliphatic carbocycles. The highest BCUT2D eigenvalue weighted by Crippen LogP contribution is 2.33. The van der Waals surface area contributed by atoms with E-state index < -0.39 is 4.92 Å². The van der Waals surface area contributed by atoms with Crippen molar-refractivity contribution in [3.05, 3.63) is 32.3 Å². The first-order chi connectivity index (χ1) is 9.32. The van der Waals surface area contributed by atoms with Gasteiger partial charge in [0.2, 0.25) is 0 Å². The van der Waals surface area contributed by atoms with E-state index in [4.69, 9.17) is 23.2 Å². The smallest absolute Gasteiger partial charge is 0.293 e. The second-order valence-corrected chi connectivity index (χ2v) is 5.71. The van der Waals surface area contributed by atoms with Crippen molar-refractivity contribution < 1.29 is 4.92 Å². The van der Waals surface area contributed by atoms with Crippen LogP contribution in [0.15, 0.2) is 12.1 Å². The van der Waals surface area contributed by atoms with Gasteiger partial charge in [0.1, 0.15) is 5.69 Å². The number of halogens is 2. The molecule has 0 fully saturated rings. The summed E-state index contributed by atoms with van der Waals surface area (Å²) < 4.78 is 0. The molecule has 0 heterocycles. The quantitative estimate of drug-likeness (QED) is 0.468. The van der Waals surface area contributed by atoms with E-state index >= 15 is 0 Å². The molecule has 1 N–H and O–H groups in total. The number of benzene rings is 1. The minimum absolute atomic E-state index is 0.0587. The largest absolute Gasteiger partial charge is 0.379 e. The number of nitrogens with one attached hydrogen (secondary N) is 1. The molecule has 0 aliphatic heterocycles. The Morgan fingerprint density at radius 1 is 1.35 bits per heavy atom. The predicted molar refractivity (Wildman–Crippen MR) is 84.0 cm³/mol. The summed E-state index contributed by atoms with van der Waals surface area (Å²) >= 11 is 11.7. The summed E-state index contributed by atoms with van der Waals surface area (Å²) in [5, 5.41) is 14.5. The number of nitrogens with zero attached hydrogens (tertiary/aromatic N) is 2. The predicted octanol–water partition coefficient (Wildman–Crippen LogP) is 4.04. The van der Waals surface area contributed by atoms with E-state index in [2.05, 4.69) is 24.1 Å². The SMILES string of the molecule is CC(C)N(C)CCCNc1cc(Cl)c(Cl)cc1[N+](=O)[O-]. The van der Waals surface area contributed by atoms with E-state index in [0.29, 0.717) is 23.3 Å². The van der Waals surface area contributed by atoms with Crippen LogP contribution in [0.25, 0.3) is 0 Å². The standard InChI is InChI=1S/C13H19Cl2N3O2/c1-9(2)17(3)6-4-5-16-12-7-10(14)11(15)8-13(12)18(19)20/h7-9,16H,4-6H2,1-3H3. The number of nitro benzene ring substituents is 1. The van der Waals surface area contributed by atoms with Gasteiger partial charge in [0, 0.05) is 18.7 Å². The van der Waals surface area contributed by atoms with Gasteiger partial charge < -0.3 is 10.2 Å². The maximum absolute atomic E-state index is 11.0. The van der Waals surface area contributed by atoms with Crippen molar-refractivity contribution >= 4 is 34.6 Å². The average molecular weight is 320 g/mol. The van der Waals surface area contributed by atoms with Crippen LogP contribution < -0.4 is 5.32 Å². The van der Waals surface area contributed by atoms with E-state index in [1.54, 1.807) is 0 Å². The van der Waals surface area contributed by atoms with Crippen LogP contribution in [0.3, 0.4) is 0 Å². The highest BCUT2D eigenvalue weighted by molar-refractivity contribution is 6.42. The lowest BCUT2D eigenvalue weighted by atomic mass is 10.2. The second-order valence-electron chi connectivity index (χ2n) is 4.90. The maximum Gasteiger partial charge on any atom is 0.293 e. The molecule has 0 atom stereocenters. The van der Waals surface area contributed by atoms with Crippen LogP contribution in [0.2, 0.25) is 10.0 Å². The molecule has 112 valence electrons. The van der Waals surface area contributed by atoms with Gasteiger partial charge in [0.25, 0.3) is 5.69 Å². The third-order valence-electron chi connectivity index (χ3n) is 3.12. The third kappa shape index (κ3) is 4.81. The lowest BCUT2D eigenvalue weighted by Gasteiger charge is -2.20. The minimum atomic E-state index is -0.467. The van der Waals surface area contributed by atoms with Gasteiger partial charge in [-0.3, -0.25) is 10.1 Å². The van der Waals surface area contributed by atoms with Crippen molar-refractivity contribution in [1.29, 1.82) is 0 Å². The van der Waals surface area contributed by atoms with Crippen LogP contribution in [0.4, 0.5) is 11.4 Å². The molecule has 0 radical (unpaired) electrons. The highest BCUT2D eigenvalue weighted by Gasteiger charge is 2.16. The molecule has 0 saturated heterocycles. The first kappa shape index (κ1) is 17.0. The summed E-state index contributed by atoms with van der Waals surface area (Å²) in [6.07, 6.45) is 0.881. The molecule has 0 unspecified atom stereocenters. The minimum Gasteiger partial charge on any atom is -0.379 e. The van der Waals surface area contributed by atoms with Gasteiger partial charge in [0.05, 0.1) is 15.0 Å². The van der Waals surface area contributed by atoms with E-state index in [1.807, 2.05) is 7.05 Å². The molecule has 5 nitrogen and oxygen atoms in total. The number of hydrogen-bond acceptors (Lipinski definition) is 4. The van der Waals surface area contributed by atoms with Crippen LogP contribution in [0.1, 0.15) is 20.3 Å². The van der Waals surface area contributed by atoms with Crippen LogP contribution >= 0.6 is 23.2 Å². The van der Waals surface area contributed by atoms with Crippen LogP contribution in [0.5, 0.6) is 0 Å². The van der Waals surface area contributed by atoms with Gasteiger partial charge in [0.15, 0.2) is 0 Å². The van der Waals surface area contributed by atoms with E-state index in [-0.39, 0.29) is 10.7 Å². The number of anilines is 1.